The van der Waals surface area contributed by atoms with Crippen LogP contribution in [0.5, 0.6) is 0 Å². The molecule has 0 unspecified atom stereocenters. The molecule has 0 aromatic heterocycles. The summed E-state index contributed by atoms with van der Waals surface area (Å²) in [6.45, 7) is 12.8. The summed E-state index contributed by atoms with van der Waals surface area (Å²) >= 11 is 0. The molecule has 24 heavy (non-hydrogen) atoms. The van der Waals surface area contributed by atoms with Crippen molar-refractivity contribution in [3.63, 3.8) is 0 Å². The maximum Gasteiger partial charge on any atom is 0.130 e. The van der Waals surface area contributed by atoms with Gasteiger partial charge < -0.3 is 4.79 Å². The van der Waals surface area contributed by atoms with E-state index in [1.807, 2.05) is 0 Å². The molecule has 0 spiro atoms. The summed E-state index contributed by atoms with van der Waals surface area (Å²) in [4.78, 5) is 10.9. The quantitative estimate of drug-likeness (QED) is 0.466. The highest BCUT2D eigenvalue weighted by molar-refractivity contribution is 5.75. The van der Waals surface area contributed by atoms with E-state index in [9.17, 15) is 4.79 Å². The van der Waals surface area contributed by atoms with Gasteiger partial charge in [0.2, 0.25) is 0 Å². The fraction of sp³-hybridized carbons (Fsp3) is 0.522. The number of hydrogen-bond donors (Lipinski definition) is 0. The van der Waals surface area contributed by atoms with E-state index in [2.05, 4.69) is 71.1 Å². The molecule has 0 aromatic rings. The van der Waals surface area contributed by atoms with E-state index in [0.29, 0.717) is 11.8 Å². The second-order valence-corrected chi connectivity index (χ2v) is 7.72. The third kappa shape index (κ3) is 7.29. The number of ketones is 1. The van der Waals surface area contributed by atoms with Crippen molar-refractivity contribution in [2.45, 2.75) is 73.6 Å². The summed E-state index contributed by atoms with van der Waals surface area (Å²) in [5.74, 6) is 0.249. The lowest BCUT2D eigenvalue weighted by molar-refractivity contribution is -0.116. The van der Waals surface area contributed by atoms with E-state index in [-0.39, 0.29) is 5.78 Å². The number of carbonyl (C=O) groups excluding carboxylic acids is 1. The zero-order valence-corrected chi connectivity index (χ0v) is 16.4. The van der Waals surface area contributed by atoms with Gasteiger partial charge in [0.05, 0.1) is 0 Å². The van der Waals surface area contributed by atoms with Gasteiger partial charge in [-0.15, -0.1) is 0 Å². The first-order valence-corrected chi connectivity index (χ1v) is 9.12. The molecule has 0 N–H and O–H groups in total. The third-order valence-electron chi connectivity index (χ3n) is 4.74. The molecule has 0 aliphatic heterocycles. The molecule has 1 rings (SSSR count). The zero-order valence-electron chi connectivity index (χ0n) is 16.4. The smallest absolute Gasteiger partial charge is 0.130 e. The molecule has 132 valence electrons. The van der Waals surface area contributed by atoms with Crippen molar-refractivity contribution in [3.05, 3.63) is 58.7 Å². The van der Waals surface area contributed by atoms with E-state index < -0.39 is 0 Å². The second-order valence-electron chi connectivity index (χ2n) is 7.72. The molecule has 1 heteroatoms. The van der Waals surface area contributed by atoms with Gasteiger partial charge in [-0.2, -0.15) is 0 Å². The van der Waals surface area contributed by atoms with E-state index in [0.717, 1.165) is 6.42 Å². The Morgan fingerprint density at radius 1 is 1.12 bits per heavy atom. The third-order valence-corrected chi connectivity index (χ3v) is 4.74. The Bertz CT molecular complexity index is 592. The average molecular weight is 327 g/mol. The van der Waals surface area contributed by atoms with Gasteiger partial charge in [0.1, 0.15) is 5.78 Å². The number of allylic oxidation sites excluding steroid dienone is 10. The fourth-order valence-electron chi connectivity index (χ4n) is 3.20. The lowest BCUT2D eigenvalue weighted by Crippen LogP contribution is -2.19. The molecule has 0 atom stereocenters. The van der Waals surface area contributed by atoms with Crippen LogP contribution in [0.1, 0.15) is 73.6 Å². The standard InChI is InChI=1S/C23H34O/c1-18(12-8-14-21(4)24)10-7-11-19(2)15-16-22-20(3)13-9-17-23(22,5)6/h7,10-12,15-16H,8-9,13-14,17H2,1-6H3. The van der Waals surface area contributed by atoms with Crippen molar-refractivity contribution in [2.24, 2.45) is 5.41 Å². The minimum Gasteiger partial charge on any atom is -0.300 e. The molecule has 0 amide bonds. The van der Waals surface area contributed by atoms with Crippen LogP contribution in [0.3, 0.4) is 0 Å². The van der Waals surface area contributed by atoms with Crippen LogP contribution in [0.25, 0.3) is 0 Å². The summed E-state index contributed by atoms with van der Waals surface area (Å²) in [7, 11) is 0. The molecule has 0 fully saturated rings. The monoisotopic (exact) mass is 326 g/mol. The Kier molecular flexibility index (Phi) is 8.18. The lowest BCUT2D eigenvalue weighted by Gasteiger charge is -2.32. The van der Waals surface area contributed by atoms with Gasteiger partial charge in [-0.25, -0.2) is 0 Å². The minimum absolute atomic E-state index is 0.249. The van der Waals surface area contributed by atoms with Crippen molar-refractivity contribution in [1.29, 1.82) is 0 Å². The highest BCUT2D eigenvalue weighted by Crippen LogP contribution is 2.40. The zero-order chi connectivity index (χ0) is 18.2. The molecule has 0 bridgehead atoms. The number of rotatable bonds is 7. The molecule has 0 heterocycles. The van der Waals surface area contributed by atoms with Crippen LogP contribution in [0.4, 0.5) is 0 Å². The molecule has 0 aromatic carbocycles. The highest BCUT2D eigenvalue weighted by Gasteiger charge is 2.26. The topological polar surface area (TPSA) is 17.1 Å². The number of Topliss-reactive ketones (excluding diaryl/α,β-unsaturated/α-hetero) is 1. The first kappa shape index (κ1) is 20.4. The van der Waals surface area contributed by atoms with Crippen molar-refractivity contribution in [2.75, 3.05) is 0 Å². The molecule has 1 aliphatic carbocycles. The minimum atomic E-state index is 0.249. The maximum absolute atomic E-state index is 10.9. The molecule has 0 radical (unpaired) electrons. The van der Waals surface area contributed by atoms with Gasteiger partial charge in [0.25, 0.3) is 0 Å². The highest BCUT2D eigenvalue weighted by atomic mass is 16.1. The van der Waals surface area contributed by atoms with E-state index in [1.54, 1.807) is 6.92 Å². The Hall–Kier alpha value is -1.63. The summed E-state index contributed by atoms with van der Waals surface area (Å²) in [6, 6.07) is 0. The second kappa shape index (κ2) is 9.61. The van der Waals surface area contributed by atoms with E-state index in [4.69, 9.17) is 0 Å². The number of hydrogen-bond acceptors (Lipinski definition) is 1. The van der Waals surface area contributed by atoms with Gasteiger partial charge in [-0.1, -0.05) is 67.0 Å². The normalized spacial score (nSPS) is 19.6. The van der Waals surface area contributed by atoms with Gasteiger partial charge in [-0.05, 0) is 64.4 Å². The maximum atomic E-state index is 10.9. The molecular formula is C23H34O. The SMILES string of the molecule is CC(=O)CCC=C(C)C=CC=C(C)C=CC1=C(C)CCCC1(C)C. The van der Waals surface area contributed by atoms with Crippen LogP contribution in [0, 0.1) is 5.41 Å². The molecule has 1 aliphatic rings. The Labute approximate surface area is 148 Å². The van der Waals surface area contributed by atoms with Crippen LogP contribution in [-0.4, -0.2) is 5.78 Å². The Morgan fingerprint density at radius 3 is 2.46 bits per heavy atom. The van der Waals surface area contributed by atoms with Gasteiger partial charge in [-0.3, -0.25) is 0 Å². The predicted octanol–water partition coefficient (Wildman–Crippen LogP) is 6.89. The van der Waals surface area contributed by atoms with Crippen molar-refractivity contribution >= 4 is 5.78 Å². The van der Waals surface area contributed by atoms with E-state index in [1.165, 1.54) is 41.6 Å². The largest absolute Gasteiger partial charge is 0.300 e. The van der Waals surface area contributed by atoms with Crippen LogP contribution in [0.15, 0.2) is 58.7 Å². The molecular weight excluding hydrogens is 292 g/mol. The fourth-order valence-corrected chi connectivity index (χ4v) is 3.20. The van der Waals surface area contributed by atoms with Crippen LogP contribution >= 0.6 is 0 Å². The lowest BCUT2D eigenvalue weighted by atomic mass is 9.72. The summed E-state index contributed by atoms with van der Waals surface area (Å²) in [5, 5.41) is 0. The van der Waals surface area contributed by atoms with Crippen LogP contribution < -0.4 is 0 Å². The van der Waals surface area contributed by atoms with Gasteiger partial charge in [0.15, 0.2) is 0 Å². The molecule has 0 saturated heterocycles. The van der Waals surface area contributed by atoms with Crippen LogP contribution in [-0.2, 0) is 4.79 Å². The van der Waals surface area contributed by atoms with Gasteiger partial charge in [0, 0.05) is 6.42 Å². The Morgan fingerprint density at radius 2 is 1.83 bits per heavy atom. The van der Waals surface area contributed by atoms with Gasteiger partial charge >= 0.3 is 0 Å². The predicted molar refractivity (Wildman–Crippen MR) is 106 cm³/mol. The summed E-state index contributed by atoms with van der Waals surface area (Å²) in [6.07, 6.45) is 18.3. The first-order chi connectivity index (χ1) is 11.2. The first-order valence-electron chi connectivity index (χ1n) is 9.12. The summed E-state index contributed by atoms with van der Waals surface area (Å²) < 4.78 is 0. The summed E-state index contributed by atoms with van der Waals surface area (Å²) in [5.41, 5.74) is 5.80. The number of carbonyl (C=O) groups is 1. The molecule has 1 nitrogen and oxygen atoms in total. The molecule has 0 saturated carbocycles. The average Bonchev–Trinajstić information content (AvgIpc) is 2.45. The van der Waals surface area contributed by atoms with Crippen molar-refractivity contribution in [1.82, 2.24) is 0 Å². The van der Waals surface area contributed by atoms with Crippen molar-refractivity contribution in [3.8, 4) is 0 Å². The van der Waals surface area contributed by atoms with E-state index >= 15 is 0 Å². The Balaban J connectivity index is 2.67. The van der Waals surface area contributed by atoms with Crippen molar-refractivity contribution < 1.29 is 4.79 Å². The van der Waals surface area contributed by atoms with Crippen LogP contribution in [0.2, 0.25) is 0 Å².